The number of carbonyl (C=O) groups is 2. The highest BCUT2D eigenvalue weighted by molar-refractivity contribution is 6.06. The van der Waals surface area contributed by atoms with Crippen molar-refractivity contribution in [2.75, 3.05) is 11.4 Å². The third-order valence-corrected chi connectivity index (χ3v) is 3.03. The Morgan fingerprint density at radius 2 is 2.00 bits per heavy atom. The van der Waals surface area contributed by atoms with Gasteiger partial charge < -0.3 is 14.3 Å². The Labute approximate surface area is 114 Å². The molecule has 0 bridgehead atoms. The molecule has 1 amide bonds. The number of amides is 1. The molecule has 0 aliphatic carbocycles. The van der Waals surface area contributed by atoms with Gasteiger partial charge in [0.15, 0.2) is 5.76 Å². The summed E-state index contributed by atoms with van der Waals surface area (Å²) < 4.78 is 10.4. The van der Waals surface area contributed by atoms with Crippen molar-refractivity contribution in [2.24, 2.45) is 0 Å². The summed E-state index contributed by atoms with van der Waals surface area (Å²) in [5.74, 6) is -0.981. The van der Waals surface area contributed by atoms with Crippen LogP contribution in [0.3, 0.4) is 0 Å². The van der Waals surface area contributed by atoms with Gasteiger partial charge in [0.2, 0.25) is 6.10 Å². The second-order valence-corrected chi connectivity index (χ2v) is 4.31. The summed E-state index contributed by atoms with van der Waals surface area (Å²) in [5, 5.41) is 9.11. The summed E-state index contributed by atoms with van der Waals surface area (Å²) in [6.07, 6.45) is 0.303. The number of anilines is 1. The van der Waals surface area contributed by atoms with E-state index < -0.39 is 18.0 Å². The first-order valence-electron chi connectivity index (χ1n) is 6.00. The number of furan rings is 1. The summed E-state index contributed by atoms with van der Waals surface area (Å²) in [6, 6.07) is 9.95. The molecule has 2 heterocycles. The van der Waals surface area contributed by atoms with Crippen LogP contribution >= 0.6 is 0 Å². The molecule has 3 rings (SSSR count). The molecule has 20 heavy (non-hydrogen) atoms. The summed E-state index contributed by atoms with van der Waals surface area (Å²) >= 11 is 0. The number of benzene rings is 1. The van der Waals surface area contributed by atoms with E-state index in [1.165, 1.54) is 17.2 Å². The number of nitrogens with zero attached hydrogens (tertiary/aromatic N) is 1. The van der Waals surface area contributed by atoms with E-state index in [4.69, 9.17) is 14.3 Å². The molecule has 6 nitrogen and oxygen atoms in total. The number of carboxylic acid groups (broad SMARTS) is 1. The monoisotopic (exact) mass is 273 g/mol. The normalized spacial score (nSPS) is 17.2. The van der Waals surface area contributed by atoms with Gasteiger partial charge in [0.05, 0.1) is 18.5 Å². The van der Waals surface area contributed by atoms with Crippen molar-refractivity contribution in [1.82, 2.24) is 0 Å². The van der Waals surface area contributed by atoms with Crippen LogP contribution in [0.25, 0.3) is 0 Å². The van der Waals surface area contributed by atoms with Crippen molar-refractivity contribution >= 4 is 17.6 Å². The lowest BCUT2D eigenvalue weighted by Crippen LogP contribution is -2.47. The van der Waals surface area contributed by atoms with Gasteiger partial charge in [0.1, 0.15) is 5.75 Å². The van der Waals surface area contributed by atoms with Gasteiger partial charge in [-0.2, -0.15) is 0 Å². The minimum atomic E-state index is -1.11. The van der Waals surface area contributed by atoms with Crippen molar-refractivity contribution in [2.45, 2.75) is 6.10 Å². The number of hydrogen-bond acceptors (Lipinski definition) is 4. The molecule has 102 valence electrons. The highest BCUT2D eigenvalue weighted by atomic mass is 16.5. The number of aliphatic carboxylic acids is 1. The fourth-order valence-electron chi connectivity index (χ4n) is 2.09. The summed E-state index contributed by atoms with van der Waals surface area (Å²) in [4.78, 5) is 24.9. The molecule has 1 aliphatic rings. The Balaban J connectivity index is 2.01. The molecule has 0 fully saturated rings. The topological polar surface area (TPSA) is 80.0 Å². The average Bonchev–Trinajstić information content (AvgIpc) is 2.99. The zero-order valence-corrected chi connectivity index (χ0v) is 10.4. The number of ether oxygens (including phenoxy) is 1. The molecule has 0 unspecified atom stereocenters. The van der Waals surface area contributed by atoms with Gasteiger partial charge in [0.25, 0.3) is 5.91 Å². The molecule has 1 N–H and O–H groups in total. The van der Waals surface area contributed by atoms with Crippen LogP contribution in [0.1, 0.15) is 10.6 Å². The van der Waals surface area contributed by atoms with E-state index in [1.807, 2.05) is 0 Å². The highest BCUT2D eigenvalue weighted by Gasteiger charge is 2.34. The van der Waals surface area contributed by atoms with Crippen LogP contribution in [0.4, 0.5) is 5.69 Å². The van der Waals surface area contributed by atoms with Gasteiger partial charge in [-0.15, -0.1) is 0 Å². The van der Waals surface area contributed by atoms with Crippen LogP contribution in [-0.2, 0) is 4.79 Å². The van der Waals surface area contributed by atoms with E-state index in [0.717, 1.165) is 0 Å². The van der Waals surface area contributed by atoms with Gasteiger partial charge in [-0.1, -0.05) is 12.1 Å². The molecule has 1 aromatic carbocycles. The van der Waals surface area contributed by atoms with Crippen molar-refractivity contribution in [3.8, 4) is 5.75 Å². The third kappa shape index (κ3) is 2.01. The number of carboxylic acids is 1. The van der Waals surface area contributed by atoms with Crippen molar-refractivity contribution in [3.63, 3.8) is 0 Å². The Kier molecular flexibility index (Phi) is 2.90. The smallest absolute Gasteiger partial charge is 0.346 e. The maximum absolute atomic E-state index is 12.4. The summed E-state index contributed by atoms with van der Waals surface area (Å²) in [5.41, 5.74) is 0.534. The van der Waals surface area contributed by atoms with Crippen LogP contribution < -0.4 is 9.64 Å². The van der Waals surface area contributed by atoms with Crippen LogP contribution in [0.5, 0.6) is 5.75 Å². The Hall–Kier alpha value is -2.76. The molecular weight excluding hydrogens is 262 g/mol. The quantitative estimate of drug-likeness (QED) is 0.902. The van der Waals surface area contributed by atoms with Gasteiger partial charge in [-0.3, -0.25) is 9.69 Å². The fraction of sp³-hybridized carbons (Fsp3) is 0.143. The Morgan fingerprint density at radius 3 is 2.70 bits per heavy atom. The molecular formula is C14H11NO5. The predicted molar refractivity (Wildman–Crippen MR) is 68.9 cm³/mol. The van der Waals surface area contributed by atoms with Crippen LogP contribution in [0, 0.1) is 0 Å². The zero-order valence-electron chi connectivity index (χ0n) is 10.4. The Morgan fingerprint density at radius 1 is 1.20 bits per heavy atom. The lowest BCUT2D eigenvalue weighted by Gasteiger charge is -2.32. The maximum atomic E-state index is 12.4. The minimum absolute atomic E-state index is 0.0636. The van der Waals surface area contributed by atoms with Crippen LogP contribution in [0.15, 0.2) is 47.1 Å². The second kappa shape index (κ2) is 4.73. The number of rotatable bonds is 2. The molecule has 0 spiro atoms. The average molecular weight is 273 g/mol. The molecule has 0 radical (unpaired) electrons. The first-order chi connectivity index (χ1) is 9.66. The lowest BCUT2D eigenvalue weighted by molar-refractivity contribution is -0.144. The van der Waals surface area contributed by atoms with E-state index in [2.05, 4.69) is 0 Å². The molecule has 2 aromatic rings. The number of carbonyl (C=O) groups excluding carboxylic acids is 1. The Bertz CT molecular complexity index is 649. The van der Waals surface area contributed by atoms with E-state index in [1.54, 1.807) is 30.3 Å². The molecule has 0 saturated carbocycles. The molecule has 1 atom stereocenters. The molecule has 6 heteroatoms. The minimum Gasteiger partial charge on any atom is -0.478 e. The van der Waals surface area contributed by atoms with Gasteiger partial charge in [-0.25, -0.2) is 4.79 Å². The maximum Gasteiger partial charge on any atom is 0.346 e. The van der Waals surface area contributed by atoms with Crippen molar-refractivity contribution in [1.29, 1.82) is 0 Å². The molecule has 1 aliphatic heterocycles. The number of para-hydroxylation sites is 2. The van der Waals surface area contributed by atoms with Crippen molar-refractivity contribution < 1.29 is 23.8 Å². The molecule has 0 saturated heterocycles. The summed E-state index contributed by atoms with van der Waals surface area (Å²) in [6.45, 7) is -0.0636. The van der Waals surface area contributed by atoms with Gasteiger partial charge >= 0.3 is 5.97 Å². The van der Waals surface area contributed by atoms with Crippen LogP contribution in [-0.4, -0.2) is 29.6 Å². The first-order valence-corrected chi connectivity index (χ1v) is 6.00. The largest absolute Gasteiger partial charge is 0.478 e. The van der Waals surface area contributed by atoms with E-state index in [-0.39, 0.29) is 12.3 Å². The molecule has 1 aromatic heterocycles. The first kappa shape index (κ1) is 12.3. The lowest BCUT2D eigenvalue weighted by atomic mass is 10.1. The van der Waals surface area contributed by atoms with E-state index in [0.29, 0.717) is 11.4 Å². The third-order valence-electron chi connectivity index (χ3n) is 3.03. The standard InChI is InChI=1S/C14H11NO5/c16-13(11-6-3-7-19-11)15-8-12(14(17)18)20-10-5-2-1-4-9(10)15/h1-7,12H,8H2,(H,17,18)/t12-/m1/s1. The van der Waals surface area contributed by atoms with E-state index >= 15 is 0 Å². The zero-order chi connectivity index (χ0) is 14.1. The number of fused-ring (bicyclic) bond motifs is 1. The predicted octanol–water partition coefficient (Wildman–Crippen LogP) is 1.77. The SMILES string of the molecule is O=C(O)[C@H]1CN(C(=O)c2ccco2)c2ccccc2O1. The van der Waals surface area contributed by atoms with E-state index in [9.17, 15) is 9.59 Å². The fourth-order valence-corrected chi connectivity index (χ4v) is 2.09. The van der Waals surface area contributed by atoms with Gasteiger partial charge in [0, 0.05) is 0 Å². The second-order valence-electron chi connectivity index (χ2n) is 4.31. The van der Waals surface area contributed by atoms with Crippen molar-refractivity contribution in [3.05, 3.63) is 48.4 Å². The highest BCUT2D eigenvalue weighted by Crippen LogP contribution is 2.34. The van der Waals surface area contributed by atoms with Crippen LogP contribution in [0.2, 0.25) is 0 Å². The summed E-state index contributed by atoms with van der Waals surface area (Å²) in [7, 11) is 0. The number of hydrogen-bond donors (Lipinski definition) is 1. The van der Waals surface area contributed by atoms with Gasteiger partial charge in [-0.05, 0) is 24.3 Å².